The summed E-state index contributed by atoms with van der Waals surface area (Å²) < 4.78 is 43.3. The lowest BCUT2D eigenvalue weighted by Gasteiger charge is -2.08. The summed E-state index contributed by atoms with van der Waals surface area (Å²) in [5.74, 6) is 0.836. The van der Waals surface area contributed by atoms with Crippen molar-refractivity contribution in [3.05, 3.63) is 72.6 Å². The van der Waals surface area contributed by atoms with Crippen LogP contribution in [0.1, 0.15) is 19.0 Å². The summed E-state index contributed by atoms with van der Waals surface area (Å²) in [5.41, 5.74) is 2.65. The van der Waals surface area contributed by atoms with Crippen molar-refractivity contribution >= 4 is 0 Å². The fourth-order valence-corrected chi connectivity index (χ4v) is 2.55. The first-order valence-corrected chi connectivity index (χ1v) is 8.34. The summed E-state index contributed by atoms with van der Waals surface area (Å²) in [7, 11) is 0. The van der Waals surface area contributed by atoms with Crippen molar-refractivity contribution in [3.63, 3.8) is 0 Å². The standard InChI is InChI=1S/C21H18F3NO/c1-2-13-26-19-10-7-16(8-11-19)15-3-5-17(6-4-15)18-9-12-20(25-14-18)21(22,23)24/h3-12,14H,2,13H2,1H3. The molecule has 0 fully saturated rings. The molecular formula is C21H18F3NO. The number of benzene rings is 2. The Morgan fingerprint density at radius 2 is 1.27 bits per heavy atom. The molecule has 2 aromatic carbocycles. The maximum Gasteiger partial charge on any atom is 0.433 e. The molecule has 0 aliphatic rings. The molecule has 0 saturated carbocycles. The lowest BCUT2D eigenvalue weighted by molar-refractivity contribution is -0.141. The molecule has 0 atom stereocenters. The van der Waals surface area contributed by atoms with Crippen LogP contribution in [0, 0.1) is 0 Å². The Bertz CT molecular complexity index is 838. The highest BCUT2D eigenvalue weighted by Crippen LogP contribution is 2.30. The molecule has 2 nitrogen and oxygen atoms in total. The van der Waals surface area contributed by atoms with E-state index in [1.807, 2.05) is 48.5 Å². The van der Waals surface area contributed by atoms with Gasteiger partial charge >= 0.3 is 6.18 Å². The molecule has 0 amide bonds. The molecule has 3 aromatic rings. The second-order valence-corrected chi connectivity index (χ2v) is 5.88. The number of aromatic nitrogens is 1. The molecule has 0 spiro atoms. The minimum Gasteiger partial charge on any atom is -0.494 e. The van der Waals surface area contributed by atoms with Crippen molar-refractivity contribution in [2.45, 2.75) is 19.5 Å². The van der Waals surface area contributed by atoms with Gasteiger partial charge in [0.05, 0.1) is 6.61 Å². The number of halogens is 3. The molecule has 26 heavy (non-hydrogen) atoms. The van der Waals surface area contributed by atoms with Crippen molar-refractivity contribution in [1.82, 2.24) is 4.98 Å². The molecule has 134 valence electrons. The average Bonchev–Trinajstić information content (AvgIpc) is 2.66. The zero-order valence-corrected chi connectivity index (χ0v) is 14.3. The van der Waals surface area contributed by atoms with Crippen molar-refractivity contribution in [2.75, 3.05) is 6.61 Å². The summed E-state index contributed by atoms with van der Waals surface area (Å²) in [6, 6.07) is 17.9. The van der Waals surface area contributed by atoms with Crippen LogP contribution in [0.25, 0.3) is 22.3 Å². The van der Waals surface area contributed by atoms with Crippen LogP contribution >= 0.6 is 0 Å². The number of rotatable bonds is 5. The molecule has 1 aromatic heterocycles. The normalized spacial score (nSPS) is 11.4. The number of hydrogen-bond acceptors (Lipinski definition) is 2. The van der Waals surface area contributed by atoms with Gasteiger partial charge in [0.2, 0.25) is 0 Å². The molecule has 0 aliphatic carbocycles. The Kier molecular flexibility index (Phi) is 5.26. The fourth-order valence-electron chi connectivity index (χ4n) is 2.55. The Balaban J connectivity index is 1.76. The van der Waals surface area contributed by atoms with Gasteiger partial charge in [-0.15, -0.1) is 0 Å². The molecule has 1 heterocycles. The van der Waals surface area contributed by atoms with Crippen LogP contribution in [-0.4, -0.2) is 11.6 Å². The molecule has 0 unspecified atom stereocenters. The third-order valence-electron chi connectivity index (χ3n) is 3.93. The van der Waals surface area contributed by atoms with Crippen molar-refractivity contribution in [2.24, 2.45) is 0 Å². The zero-order chi connectivity index (χ0) is 18.6. The van der Waals surface area contributed by atoms with Gasteiger partial charge in [0, 0.05) is 11.8 Å². The molecule has 0 aliphatic heterocycles. The predicted octanol–water partition coefficient (Wildman–Crippen LogP) is 6.22. The van der Waals surface area contributed by atoms with Crippen LogP contribution in [0.4, 0.5) is 13.2 Å². The SMILES string of the molecule is CCCOc1ccc(-c2ccc(-c3ccc(C(F)(F)F)nc3)cc2)cc1. The van der Waals surface area contributed by atoms with Gasteiger partial charge in [0.15, 0.2) is 0 Å². The third kappa shape index (κ3) is 4.23. The largest absolute Gasteiger partial charge is 0.494 e. The van der Waals surface area contributed by atoms with Gasteiger partial charge in [-0.05, 0) is 41.3 Å². The second-order valence-electron chi connectivity index (χ2n) is 5.88. The summed E-state index contributed by atoms with van der Waals surface area (Å²) in [4.78, 5) is 3.50. The molecule has 5 heteroatoms. The van der Waals surface area contributed by atoms with E-state index in [1.54, 1.807) is 0 Å². The smallest absolute Gasteiger partial charge is 0.433 e. The quantitative estimate of drug-likeness (QED) is 0.540. The van der Waals surface area contributed by atoms with Gasteiger partial charge < -0.3 is 4.74 Å². The minimum absolute atomic E-state index is 0.646. The van der Waals surface area contributed by atoms with Crippen LogP contribution < -0.4 is 4.74 Å². The van der Waals surface area contributed by atoms with Crippen LogP contribution in [0.3, 0.4) is 0 Å². The van der Waals surface area contributed by atoms with E-state index < -0.39 is 11.9 Å². The van der Waals surface area contributed by atoms with Gasteiger partial charge in [-0.2, -0.15) is 13.2 Å². The van der Waals surface area contributed by atoms with E-state index in [9.17, 15) is 13.2 Å². The maximum absolute atomic E-state index is 12.6. The zero-order valence-electron chi connectivity index (χ0n) is 14.3. The van der Waals surface area contributed by atoms with Crippen LogP contribution in [0.15, 0.2) is 66.9 Å². The van der Waals surface area contributed by atoms with E-state index in [0.29, 0.717) is 12.2 Å². The number of pyridine rings is 1. The first-order valence-electron chi connectivity index (χ1n) is 8.34. The fraction of sp³-hybridized carbons (Fsp3) is 0.190. The van der Waals surface area contributed by atoms with E-state index in [1.165, 1.54) is 12.3 Å². The molecule has 0 bridgehead atoms. The molecule has 0 N–H and O–H groups in total. The Hall–Kier alpha value is -2.82. The van der Waals surface area contributed by atoms with E-state index in [-0.39, 0.29) is 0 Å². The first kappa shape index (κ1) is 18.0. The van der Waals surface area contributed by atoms with Gasteiger partial charge in [0.1, 0.15) is 11.4 Å². The third-order valence-corrected chi connectivity index (χ3v) is 3.93. The summed E-state index contributed by atoms with van der Waals surface area (Å²) in [5, 5.41) is 0. The Morgan fingerprint density at radius 3 is 1.73 bits per heavy atom. The van der Waals surface area contributed by atoms with Gasteiger partial charge in [-0.25, -0.2) is 0 Å². The summed E-state index contributed by atoms with van der Waals surface area (Å²) >= 11 is 0. The van der Waals surface area contributed by atoms with Crippen molar-refractivity contribution in [1.29, 1.82) is 0 Å². The lowest BCUT2D eigenvalue weighted by Crippen LogP contribution is -2.07. The number of hydrogen-bond donors (Lipinski definition) is 0. The van der Waals surface area contributed by atoms with Crippen LogP contribution in [0.5, 0.6) is 5.75 Å². The van der Waals surface area contributed by atoms with E-state index in [2.05, 4.69) is 11.9 Å². The van der Waals surface area contributed by atoms with Crippen molar-refractivity contribution in [3.8, 4) is 28.0 Å². The Labute approximate surface area is 150 Å². The Morgan fingerprint density at radius 1 is 0.769 bits per heavy atom. The summed E-state index contributed by atoms with van der Waals surface area (Å²) in [6.45, 7) is 2.75. The maximum atomic E-state index is 12.6. The monoisotopic (exact) mass is 357 g/mol. The molecule has 3 rings (SSSR count). The predicted molar refractivity (Wildman–Crippen MR) is 95.9 cm³/mol. The molecule has 0 radical (unpaired) electrons. The molecular weight excluding hydrogens is 339 g/mol. The average molecular weight is 357 g/mol. The van der Waals surface area contributed by atoms with Crippen LogP contribution in [0.2, 0.25) is 0 Å². The number of ether oxygens (including phenoxy) is 1. The van der Waals surface area contributed by atoms with Crippen LogP contribution in [-0.2, 0) is 6.18 Å². The van der Waals surface area contributed by atoms with Gasteiger partial charge in [-0.1, -0.05) is 49.4 Å². The van der Waals surface area contributed by atoms with E-state index >= 15 is 0 Å². The lowest BCUT2D eigenvalue weighted by atomic mass is 10.0. The number of alkyl halides is 3. The highest BCUT2D eigenvalue weighted by atomic mass is 19.4. The topological polar surface area (TPSA) is 22.1 Å². The van der Waals surface area contributed by atoms with E-state index in [0.717, 1.165) is 34.9 Å². The molecule has 0 saturated heterocycles. The highest BCUT2D eigenvalue weighted by Gasteiger charge is 2.32. The second kappa shape index (κ2) is 7.60. The minimum atomic E-state index is -4.42. The highest BCUT2D eigenvalue weighted by molar-refractivity contribution is 5.70. The number of nitrogens with zero attached hydrogens (tertiary/aromatic N) is 1. The van der Waals surface area contributed by atoms with Crippen molar-refractivity contribution < 1.29 is 17.9 Å². The van der Waals surface area contributed by atoms with Gasteiger partial charge in [0.25, 0.3) is 0 Å². The van der Waals surface area contributed by atoms with Gasteiger partial charge in [-0.3, -0.25) is 4.98 Å². The van der Waals surface area contributed by atoms with E-state index in [4.69, 9.17) is 4.74 Å². The first-order chi connectivity index (χ1) is 12.5. The summed E-state index contributed by atoms with van der Waals surface area (Å²) in [6.07, 6.45) is -2.21.